The molecule has 2 saturated carbocycles. The molecule has 2 aromatic heterocycles. The van der Waals surface area contributed by atoms with Gasteiger partial charge in [-0.2, -0.15) is 9.61 Å². The maximum atomic E-state index is 13.3. The van der Waals surface area contributed by atoms with Gasteiger partial charge in [0.25, 0.3) is 11.5 Å². The van der Waals surface area contributed by atoms with Gasteiger partial charge in [0.1, 0.15) is 5.65 Å². The minimum atomic E-state index is -2.53. The van der Waals surface area contributed by atoms with Crippen molar-refractivity contribution < 1.29 is 23.5 Å². The lowest BCUT2D eigenvalue weighted by molar-refractivity contribution is -0.132. The average molecular weight is 561 g/mol. The largest absolute Gasteiger partial charge is 0.494 e. The molecule has 5 rings (SSSR count). The number of amides is 2. The molecule has 3 aliphatic rings. The smallest absolute Gasteiger partial charge is 0.291 e. The van der Waals surface area contributed by atoms with E-state index in [-0.39, 0.29) is 48.2 Å². The number of halogens is 2. The first-order valence-electron chi connectivity index (χ1n) is 14.1. The van der Waals surface area contributed by atoms with Crippen molar-refractivity contribution in [1.29, 1.82) is 0 Å². The average Bonchev–Trinajstić information content (AvgIpc) is 3.59. The molecule has 0 bridgehead atoms. The standard InChI is InChI=1S/C28H38F2N6O4/c1-16(2)13-35-25-21(18(4)32-36(25)27(40)23(26(35)39)24(38)31-20-5-6-20)7-8-22(37)34-10-9-33(14-17(34)3)15-19-11-28(29,30)12-19/h7-8,16-17,19-20,39H,5-6,9-15H2,1-4H3,(H,31,38)/b8-7+/t17-/m1/s1. The molecule has 2 aromatic rings. The Labute approximate surface area is 231 Å². The maximum Gasteiger partial charge on any atom is 0.291 e. The Kier molecular flexibility index (Phi) is 7.49. The number of carbonyl (C=O) groups is 2. The molecule has 10 nitrogen and oxygen atoms in total. The summed E-state index contributed by atoms with van der Waals surface area (Å²) < 4.78 is 29.1. The number of alkyl halides is 2. The van der Waals surface area contributed by atoms with Crippen LogP contribution < -0.4 is 10.9 Å². The zero-order chi connectivity index (χ0) is 28.9. The van der Waals surface area contributed by atoms with Crippen molar-refractivity contribution in [3.05, 3.63) is 33.3 Å². The van der Waals surface area contributed by atoms with Crippen LogP contribution in [0.4, 0.5) is 8.78 Å². The lowest BCUT2D eigenvalue weighted by Crippen LogP contribution is -2.55. The van der Waals surface area contributed by atoms with Crippen LogP contribution in [0.25, 0.3) is 11.7 Å². The molecule has 0 unspecified atom stereocenters. The summed E-state index contributed by atoms with van der Waals surface area (Å²) in [5.74, 6) is -3.69. The molecule has 2 amide bonds. The SMILES string of the molecule is Cc1nn2c(=O)c(C(=O)NC3CC3)c(O)n(CC(C)C)c2c1/C=C/C(=O)N1CCN(CC2CC(F)(F)C2)C[C@H]1C. The highest BCUT2D eigenvalue weighted by molar-refractivity contribution is 5.97. The Morgan fingerprint density at radius 3 is 2.52 bits per heavy atom. The van der Waals surface area contributed by atoms with Crippen molar-refractivity contribution in [2.45, 2.75) is 77.9 Å². The van der Waals surface area contributed by atoms with Crippen molar-refractivity contribution in [2.75, 3.05) is 26.2 Å². The van der Waals surface area contributed by atoms with Crippen LogP contribution in [0.15, 0.2) is 10.9 Å². The van der Waals surface area contributed by atoms with Crippen LogP contribution in [-0.4, -0.2) is 85.1 Å². The summed E-state index contributed by atoms with van der Waals surface area (Å²) in [7, 11) is 0. The highest BCUT2D eigenvalue weighted by Crippen LogP contribution is 2.42. The summed E-state index contributed by atoms with van der Waals surface area (Å²) in [5, 5.41) is 18.3. The summed E-state index contributed by atoms with van der Waals surface area (Å²) in [5.41, 5.74) is 0.247. The number of rotatable bonds is 8. The molecule has 1 saturated heterocycles. The number of fused-ring (bicyclic) bond motifs is 1. The molecule has 3 heterocycles. The minimum absolute atomic E-state index is 0.00287. The van der Waals surface area contributed by atoms with Crippen molar-refractivity contribution in [1.82, 2.24) is 29.3 Å². The zero-order valence-electron chi connectivity index (χ0n) is 23.5. The van der Waals surface area contributed by atoms with Crippen LogP contribution in [0.3, 0.4) is 0 Å². The van der Waals surface area contributed by atoms with E-state index >= 15 is 0 Å². The summed E-state index contributed by atoms with van der Waals surface area (Å²) in [6.45, 7) is 10.2. The number of hydrogen-bond donors (Lipinski definition) is 2. The van der Waals surface area contributed by atoms with E-state index in [9.17, 15) is 28.3 Å². The van der Waals surface area contributed by atoms with E-state index in [0.717, 1.165) is 17.4 Å². The Morgan fingerprint density at radius 1 is 1.23 bits per heavy atom. The lowest BCUT2D eigenvalue weighted by Gasteiger charge is -2.43. The van der Waals surface area contributed by atoms with Crippen LogP contribution in [0.1, 0.15) is 68.1 Å². The Balaban J connectivity index is 1.38. The molecule has 12 heteroatoms. The molecule has 1 aliphatic heterocycles. The minimum Gasteiger partial charge on any atom is -0.494 e. The molecule has 2 N–H and O–H groups in total. The first-order chi connectivity index (χ1) is 18.8. The maximum absolute atomic E-state index is 13.3. The van der Waals surface area contributed by atoms with E-state index in [1.54, 1.807) is 17.9 Å². The molecule has 0 radical (unpaired) electrons. The quantitative estimate of drug-likeness (QED) is 0.481. The molecule has 218 valence electrons. The van der Waals surface area contributed by atoms with Crippen molar-refractivity contribution >= 4 is 23.5 Å². The van der Waals surface area contributed by atoms with E-state index in [0.29, 0.717) is 49.6 Å². The number of carbonyl (C=O) groups excluding carboxylic acids is 2. The lowest BCUT2D eigenvalue weighted by atomic mass is 9.81. The van der Waals surface area contributed by atoms with Crippen LogP contribution in [0.5, 0.6) is 5.88 Å². The van der Waals surface area contributed by atoms with Crippen molar-refractivity contribution in [2.24, 2.45) is 11.8 Å². The highest BCUT2D eigenvalue weighted by Gasteiger charge is 2.46. The van der Waals surface area contributed by atoms with E-state index < -0.39 is 23.3 Å². The fraction of sp³-hybridized carbons (Fsp3) is 0.643. The number of piperazine rings is 1. The Hall–Kier alpha value is -3.28. The van der Waals surface area contributed by atoms with Gasteiger partial charge in [-0.1, -0.05) is 13.8 Å². The molecule has 1 atom stereocenters. The van der Waals surface area contributed by atoms with Crippen LogP contribution in [0.2, 0.25) is 0 Å². The van der Waals surface area contributed by atoms with Crippen molar-refractivity contribution in [3.63, 3.8) is 0 Å². The number of hydrogen-bond acceptors (Lipinski definition) is 6. The van der Waals surface area contributed by atoms with Crippen LogP contribution in [-0.2, 0) is 11.3 Å². The third-order valence-electron chi connectivity index (χ3n) is 7.99. The Morgan fingerprint density at radius 2 is 1.93 bits per heavy atom. The van der Waals surface area contributed by atoms with Gasteiger partial charge in [-0.05, 0) is 44.6 Å². The van der Waals surface area contributed by atoms with Crippen molar-refractivity contribution in [3.8, 4) is 5.88 Å². The molecule has 2 aliphatic carbocycles. The molecular formula is C28H38F2N6O4. The van der Waals surface area contributed by atoms with Gasteiger partial charge in [0, 0.05) is 69.3 Å². The summed E-state index contributed by atoms with van der Waals surface area (Å²) in [6, 6.07) is -0.0798. The second kappa shape index (κ2) is 10.6. The van der Waals surface area contributed by atoms with Gasteiger partial charge in [0.05, 0.1) is 5.69 Å². The number of nitrogens with zero attached hydrogens (tertiary/aromatic N) is 5. The third kappa shape index (κ3) is 5.63. The van der Waals surface area contributed by atoms with Gasteiger partial charge in [0.2, 0.25) is 17.7 Å². The topological polar surface area (TPSA) is 112 Å². The van der Waals surface area contributed by atoms with E-state index in [1.165, 1.54) is 10.6 Å². The number of aromatic hydroxyl groups is 1. The van der Waals surface area contributed by atoms with Gasteiger partial charge in [0.15, 0.2) is 5.56 Å². The van der Waals surface area contributed by atoms with Crippen LogP contribution >= 0.6 is 0 Å². The summed E-state index contributed by atoms with van der Waals surface area (Å²) in [6.07, 6.45) is 4.60. The summed E-state index contributed by atoms with van der Waals surface area (Å²) >= 11 is 0. The van der Waals surface area contributed by atoms with Crippen LogP contribution in [0, 0.1) is 18.8 Å². The van der Waals surface area contributed by atoms with Gasteiger partial charge in [-0.15, -0.1) is 0 Å². The second-order valence-electron chi connectivity index (χ2n) is 12.1. The van der Waals surface area contributed by atoms with E-state index in [4.69, 9.17) is 0 Å². The van der Waals surface area contributed by atoms with Gasteiger partial charge < -0.3 is 15.3 Å². The van der Waals surface area contributed by atoms with E-state index in [2.05, 4.69) is 15.3 Å². The highest BCUT2D eigenvalue weighted by atomic mass is 19.3. The summed E-state index contributed by atoms with van der Waals surface area (Å²) in [4.78, 5) is 43.3. The normalized spacial score (nSPS) is 21.9. The zero-order valence-corrected chi connectivity index (χ0v) is 23.5. The van der Waals surface area contributed by atoms with Gasteiger partial charge in [-0.25, -0.2) is 8.78 Å². The first kappa shape index (κ1) is 28.3. The molecule has 0 aromatic carbocycles. The van der Waals surface area contributed by atoms with Gasteiger partial charge in [-0.3, -0.25) is 23.9 Å². The number of nitrogens with one attached hydrogen (secondary N) is 1. The first-order valence-corrected chi connectivity index (χ1v) is 14.1. The number of aromatic nitrogens is 3. The number of aryl methyl sites for hydroxylation is 1. The Bertz CT molecular complexity index is 1400. The monoisotopic (exact) mass is 560 g/mol. The molecule has 40 heavy (non-hydrogen) atoms. The third-order valence-corrected chi connectivity index (χ3v) is 7.99. The van der Waals surface area contributed by atoms with Gasteiger partial charge >= 0.3 is 0 Å². The molecule has 0 spiro atoms. The predicted molar refractivity (Wildman–Crippen MR) is 145 cm³/mol. The van der Waals surface area contributed by atoms with E-state index in [1.807, 2.05) is 20.8 Å². The fourth-order valence-electron chi connectivity index (χ4n) is 5.84. The molecular weight excluding hydrogens is 522 g/mol. The molecule has 3 fully saturated rings. The predicted octanol–water partition coefficient (Wildman–Crippen LogP) is 2.65. The fourth-order valence-corrected chi connectivity index (χ4v) is 5.84. The second-order valence-corrected chi connectivity index (χ2v) is 12.1.